The third-order valence-electron chi connectivity index (χ3n) is 6.53. The Hall–Kier alpha value is -3.60. The zero-order valence-electron chi connectivity index (χ0n) is 22.6. The van der Waals surface area contributed by atoms with Gasteiger partial charge in [0.05, 0.1) is 6.61 Å². The molecule has 0 saturated heterocycles. The van der Waals surface area contributed by atoms with Crippen LogP contribution in [0.15, 0.2) is 78.9 Å². The van der Waals surface area contributed by atoms with Gasteiger partial charge in [-0.15, -0.1) is 0 Å². The Morgan fingerprint density at radius 2 is 1.59 bits per heavy atom. The summed E-state index contributed by atoms with van der Waals surface area (Å²) in [7, 11) is 0. The van der Waals surface area contributed by atoms with Crippen molar-refractivity contribution < 1.29 is 14.3 Å². The average Bonchev–Trinajstić information content (AvgIpc) is 2.90. The van der Waals surface area contributed by atoms with Crippen molar-refractivity contribution in [3.63, 3.8) is 0 Å². The Morgan fingerprint density at radius 1 is 0.892 bits per heavy atom. The molecule has 3 rings (SSSR count). The predicted molar refractivity (Wildman–Crippen MR) is 149 cm³/mol. The molecule has 0 bridgehead atoms. The second-order valence-corrected chi connectivity index (χ2v) is 9.80. The van der Waals surface area contributed by atoms with Crippen LogP contribution < -0.4 is 10.1 Å². The Labute approximate surface area is 221 Å². The average molecular weight is 501 g/mol. The molecule has 2 unspecified atom stereocenters. The zero-order valence-corrected chi connectivity index (χ0v) is 22.6. The number of nitrogens with zero attached hydrogens (tertiary/aromatic N) is 1. The molecule has 0 fully saturated rings. The smallest absolute Gasteiger partial charge is 0.243 e. The first-order chi connectivity index (χ1) is 17.9. The molecule has 2 atom stereocenters. The van der Waals surface area contributed by atoms with Crippen molar-refractivity contribution in [3.05, 3.63) is 101 Å². The van der Waals surface area contributed by atoms with Gasteiger partial charge in [0.2, 0.25) is 11.8 Å². The number of amides is 2. The lowest BCUT2D eigenvalue weighted by atomic mass is 10.0. The molecule has 196 valence electrons. The van der Waals surface area contributed by atoms with Gasteiger partial charge < -0.3 is 15.0 Å². The summed E-state index contributed by atoms with van der Waals surface area (Å²) in [6.45, 7) is 8.93. The van der Waals surface area contributed by atoms with Gasteiger partial charge in [0, 0.05) is 25.4 Å². The van der Waals surface area contributed by atoms with Crippen LogP contribution in [0.5, 0.6) is 5.75 Å². The van der Waals surface area contributed by atoms with Crippen LogP contribution in [-0.2, 0) is 22.6 Å². The number of aryl methyl sites for hydroxylation is 2. The molecule has 37 heavy (non-hydrogen) atoms. The first-order valence-electron chi connectivity index (χ1n) is 13.2. The van der Waals surface area contributed by atoms with Gasteiger partial charge in [-0.2, -0.15) is 0 Å². The molecular weight excluding hydrogens is 460 g/mol. The van der Waals surface area contributed by atoms with Crippen molar-refractivity contribution in [1.82, 2.24) is 10.2 Å². The van der Waals surface area contributed by atoms with E-state index in [1.807, 2.05) is 100 Å². The molecule has 1 N–H and O–H groups in total. The van der Waals surface area contributed by atoms with Gasteiger partial charge in [-0.3, -0.25) is 9.59 Å². The van der Waals surface area contributed by atoms with Gasteiger partial charge in [0.1, 0.15) is 11.8 Å². The number of rotatable bonds is 13. The van der Waals surface area contributed by atoms with E-state index < -0.39 is 6.04 Å². The highest BCUT2D eigenvalue weighted by molar-refractivity contribution is 5.88. The number of benzene rings is 3. The van der Waals surface area contributed by atoms with E-state index >= 15 is 0 Å². The maximum absolute atomic E-state index is 13.7. The molecule has 3 aromatic carbocycles. The molecular formula is C32H40N2O3. The predicted octanol–water partition coefficient (Wildman–Crippen LogP) is 6.02. The first-order valence-corrected chi connectivity index (χ1v) is 13.2. The first kappa shape index (κ1) is 28.0. The van der Waals surface area contributed by atoms with Gasteiger partial charge in [-0.1, -0.05) is 84.8 Å². The fourth-order valence-electron chi connectivity index (χ4n) is 4.19. The molecule has 3 aromatic rings. The lowest BCUT2D eigenvalue weighted by molar-refractivity contribution is -0.141. The minimum Gasteiger partial charge on any atom is -0.494 e. The molecule has 5 nitrogen and oxygen atoms in total. The van der Waals surface area contributed by atoms with Crippen LogP contribution in [0.25, 0.3) is 0 Å². The van der Waals surface area contributed by atoms with Crippen LogP contribution in [0.2, 0.25) is 0 Å². The molecule has 0 heterocycles. The number of ether oxygens (including phenoxy) is 1. The van der Waals surface area contributed by atoms with E-state index in [9.17, 15) is 9.59 Å². The van der Waals surface area contributed by atoms with Crippen molar-refractivity contribution in [3.8, 4) is 5.75 Å². The maximum Gasteiger partial charge on any atom is 0.243 e. The second-order valence-electron chi connectivity index (χ2n) is 9.80. The van der Waals surface area contributed by atoms with E-state index in [4.69, 9.17) is 4.74 Å². The molecule has 2 amide bonds. The summed E-state index contributed by atoms with van der Waals surface area (Å²) >= 11 is 0. The fraction of sp³-hybridized carbons (Fsp3) is 0.375. The zero-order chi connectivity index (χ0) is 26.6. The van der Waals surface area contributed by atoms with Gasteiger partial charge in [0.25, 0.3) is 0 Å². The summed E-state index contributed by atoms with van der Waals surface area (Å²) in [5.41, 5.74) is 4.34. The summed E-state index contributed by atoms with van der Waals surface area (Å²) in [5.74, 6) is 0.633. The highest BCUT2D eigenvalue weighted by atomic mass is 16.5. The highest BCUT2D eigenvalue weighted by Crippen LogP contribution is 2.18. The van der Waals surface area contributed by atoms with E-state index in [0.717, 1.165) is 28.9 Å². The third kappa shape index (κ3) is 9.09. The van der Waals surface area contributed by atoms with E-state index in [1.165, 1.54) is 5.56 Å². The normalized spacial score (nSPS) is 12.4. The minimum atomic E-state index is -0.609. The quantitative estimate of drug-likeness (QED) is 0.292. The number of hydrogen-bond donors (Lipinski definition) is 1. The molecule has 5 heteroatoms. The number of nitrogens with one attached hydrogen (secondary N) is 1. The largest absolute Gasteiger partial charge is 0.494 e. The molecule has 0 saturated carbocycles. The van der Waals surface area contributed by atoms with Gasteiger partial charge in [-0.25, -0.2) is 0 Å². The summed E-state index contributed by atoms with van der Waals surface area (Å²) in [6.07, 6.45) is 2.16. The Morgan fingerprint density at radius 3 is 2.27 bits per heavy atom. The van der Waals surface area contributed by atoms with Gasteiger partial charge in [-0.05, 0) is 56.9 Å². The van der Waals surface area contributed by atoms with Crippen molar-refractivity contribution in [2.24, 2.45) is 0 Å². The van der Waals surface area contributed by atoms with Crippen molar-refractivity contribution in [2.75, 3.05) is 6.61 Å². The second kappa shape index (κ2) is 14.2. The van der Waals surface area contributed by atoms with Crippen LogP contribution in [0.1, 0.15) is 55.4 Å². The Bertz CT molecular complexity index is 1130. The third-order valence-corrected chi connectivity index (χ3v) is 6.53. The Balaban J connectivity index is 1.79. The summed E-state index contributed by atoms with van der Waals surface area (Å²) in [6, 6.07) is 25.4. The standard InChI is InChI=1S/C32H40N2O3/c1-5-26(4)33-32(36)30(22-27-12-7-6-8-13-27)34(23-28-14-9-11-25(3)21-28)31(35)15-10-20-37-29-18-16-24(2)17-19-29/h6-9,11-14,16-19,21,26,30H,5,10,15,20,22-23H2,1-4H3,(H,33,36). The molecule has 0 aliphatic heterocycles. The van der Waals surface area contributed by atoms with E-state index in [2.05, 4.69) is 11.4 Å². The maximum atomic E-state index is 13.7. The summed E-state index contributed by atoms with van der Waals surface area (Å²) in [4.78, 5) is 29.0. The van der Waals surface area contributed by atoms with Crippen LogP contribution in [-0.4, -0.2) is 35.4 Å². The molecule has 0 aliphatic rings. The van der Waals surface area contributed by atoms with Crippen molar-refractivity contribution >= 4 is 11.8 Å². The summed E-state index contributed by atoms with van der Waals surface area (Å²) < 4.78 is 5.85. The number of carbonyl (C=O) groups excluding carboxylic acids is 2. The van der Waals surface area contributed by atoms with E-state index in [0.29, 0.717) is 32.4 Å². The number of carbonyl (C=O) groups is 2. The minimum absolute atomic E-state index is 0.0320. The molecule has 0 radical (unpaired) electrons. The molecule has 0 aromatic heterocycles. The lowest BCUT2D eigenvalue weighted by Crippen LogP contribution is -2.52. The lowest BCUT2D eigenvalue weighted by Gasteiger charge is -2.32. The van der Waals surface area contributed by atoms with Crippen molar-refractivity contribution in [1.29, 1.82) is 0 Å². The molecule has 0 aliphatic carbocycles. The number of hydrogen-bond acceptors (Lipinski definition) is 3. The van der Waals surface area contributed by atoms with Gasteiger partial charge in [0.15, 0.2) is 0 Å². The SMILES string of the molecule is CCC(C)NC(=O)C(Cc1ccccc1)N(Cc1cccc(C)c1)C(=O)CCCOc1ccc(C)cc1. The van der Waals surface area contributed by atoms with Crippen molar-refractivity contribution in [2.45, 2.75) is 72.0 Å². The Kier molecular flexibility index (Phi) is 10.8. The van der Waals surface area contributed by atoms with Crippen LogP contribution in [0, 0.1) is 13.8 Å². The monoisotopic (exact) mass is 500 g/mol. The van der Waals surface area contributed by atoms with Gasteiger partial charge >= 0.3 is 0 Å². The van der Waals surface area contributed by atoms with E-state index in [-0.39, 0.29) is 17.9 Å². The fourth-order valence-corrected chi connectivity index (χ4v) is 4.19. The highest BCUT2D eigenvalue weighted by Gasteiger charge is 2.30. The van der Waals surface area contributed by atoms with E-state index in [1.54, 1.807) is 4.90 Å². The summed E-state index contributed by atoms with van der Waals surface area (Å²) in [5, 5.41) is 3.12. The topological polar surface area (TPSA) is 58.6 Å². The van der Waals surface area contributed by atoms with Crippen LogP contribution >= 0.6 is 0 Å². The van der Waals surface area contributed by atoms with Crippen LogP contribution in [0.4, 0.5) is 0 Å². The van der Waals surface area contributed by atoms with Crippen LogP contribution in [0.3, 0.4) is 0 Å². The molecule has 0 spiro atoms.